The molecule has 1 saturated heterocycles. The van der Waals surface area contributed by atoms with Crippen molar-refractivity contribution in [3.63, 3.8) is 0 Å². The number of rotatable bonds is 8. The van der Waals surface area contributed by atoms with Gasteiger partial charge in [-0.25, -0.2) is 0 Å². The second kappa shape index (κ2) is 8.30. The van der Waals surface area contributed by atoms with Gasteiger partial charge in [-0.15, -0.1) is 11.6 Å². The van der Waals surface area contributed by atoms with E-state index in [1.807, 2.05) is 0 Å². The third-order valence-electron chi connectivity index (χ3n) is 3.99. The molecule has 0 unspecified atom stereocenters. The topological polar surface area (TPSA) is 24.5 Å². The molecule has 1 fully saturated rings. The number of hydrogen-bond acceptors (Lipinski definition) is 3. The molecule has 1 aliphatic rings. The van der Waals surface area contributed by atoms with Crippen molar-refractivity contribution in [3.8, 4) is 0 Å². The highest BCUT2D eigenvalue weighted by Crippen LogP contribution is 2.26. The van der Waals surface area contributed by atoms with E-state index in [0.717, 1.165) is 64.7 Å². The Morgan fingerprint density at radius 3 is 2.41 bits per heavy atom. The Labute approximate surface area is 111 Å². The van der Waals surface area contributed by atoms with E-state index in [4.69, 9.17) is 16.3 Å². The van der Waals surface area contributed by atoms with Crippen LogP contribution in [0.1, 0.15) is 26.7 Å². The van der Waals surface area contributed by atoms with Crippen molar-refractivity contribution in [2.45, 2.75) is 26.7 Å². The maximum absolute atomic E-state index is 6.09. The molecule has 4 heteroatoms. The largest absolute Gasteiger partial charge is 0.379 e. The lowest BCUT2D eigenvalue weighted by atomic mass is 9.84. The highest BCUT2D eigenvalue weighted by atomic mass is 35.5. The second-order valence-corrected chi connectivity index (χ2v) is 5.24. The fraction of sp³-hybridized carbons (Fsp3) is 1.00. The van der Waals surface area contributed by atoms with E-state index in [-0.39, 0.29) is 5.41 Å². The first-order valence-corrected chi connectivity index (χ1v) is 7.36. The van der Waals surface area contributed by atoms with Crippen LogP contribution >= 0.6 is 11.6 Å². The lowest BCUT2D eigenvalue weighted by Gasteiger charge is -2.31. The number of nitrogens with zero attached hydrogens (tertiary/aromatic N) is 1. The Hall–Kier alpha value is 0.170. The van der Waals surface area contributed by atoms with E-state index >= 15 is 0 Å². The minimum absolute atomic E-state index is 0.284. The fourth-order valence-corrected chi connectivity index (χ4v) is 2.62. The lowest BCUT2D eigenvalue weighted by Crippen LogP contribution is -2.42. The molecule has 0 amide bonds. The van der Waals surface area contributed by atoms with Gasteiger partial charge in [-0.05, 0) is 18.3 Å². The molecule has 1 rings (SSSR count). The molecule has 0 aromatic heterocycles. The van der Waals surface area contributed by atoms with Crippen LogP contribution in [0.5, 0.6) is 0 Å². The summed E-state index contributed by atoms with van der Waals surface area (Å²) in [6.07, 6.45) is 2.30. The summed E-state index contributed by atoms with van der Waals surface area (Å²) < 4.78 is 5.33. The van der Waals surface area contributed by atoms with Crippen LogP contribution in [-0.2, 0) is 4.74 Å². The zero-order valence-electron chi connectivity index (χ0n) is 11.3. The molecule has 0 aliphatic carbocycles. The molecule has 3 nitrogen and oxygen atoms in total. The predicted molar refractivity (Wildman–Crippen MR) is 73.9 cm³/mol. The molecule has 17 heavy (non-hydrogen) atoms. The van der Waals surface area contributed by atoms with Crippen LogP contribution in [0, 0.1) is 5.41 Å². The Morgan fingerprint density at radius 2 is 1.88 bits per heavy atom. The summed E-state index contributed by atoms with van der Waals surface area (Å²) >= 11 is 6.09. The Bertz CT molecular complexity index is 184. The highest BCUT2D eigenvalue weighted by molar-refractivity contribution is 6.18. The first-order valence-electron chi connectivity index (χ1n) is 6.83. The third kappa shape index (κ3) is 5.12. The third-order valence-corrected chi connectivity index (χ3v) is 4.56. The van der Waals surface area contributed by atoms with Crippen LogP contribution < -0.4 is 5.32 Å². The second-order valence-electron chi connectivity index (χ2n) is 4.97. The van der Waals surface area contributed by atoms with Crippen molar-refractivity contribution in [1.82, 2.24) is 10.2 Å². The molecule has 0 radical (unpaired) electrons. The molecule has 102 valence electrons. The first kappa shape index (κ1) is 15.2. The SMILES string of the molecule is CCC(CC)(CCl)CNCCN1CCOCC1. The maximum Gasteiger partial charge on any atom is 0.0594 e. The van der Waals surface area contributed by atoms with E-state index in [1.54, 1.807) is 0 Å². The molecule has 0 saturated carbocycles. The molecule has 0 aromatic carbocycles. The standard InChI is InChI=1S/C13H27ClN2O/c1-3-13(4-2,11-14)12-15-5-6-16-7-9-17-10-8-16/h15H,3-12H2,1-2H3. The number of ether oxygens (including phenoxy) is 1. The number of alkyl halides is 1. The quantitative estimate of drug-likeness (QED) is 0.535. The van der Waals surface area contributed by atoms with Gasteiger partial charge in [0.05, 0.1) is 13.2 Å². The van der Waals surface area contributed by atoms with Crippen molar-refractivity contribution in [2.24, 2.45) is 5.41 Å². The van der Waals surface area contributed by atoms with Crippen molar-refractivity contribution < 1.29 is 4.74 Å². The summed E-state index contributed by atoms with van der Waals surface area (Å²) in [5, 5.41) is 3.56. The summed E-state index contributed by atoms with van der Waals surface area (Å²) in [5.41, 5.74) is 0.284. The number of halogens is 1. The van der Waals surface area contributed by atoms with Crippen LogP contribution in [0.2, 0.25) is 0 Å². The van der Waals surface area contributed by atoms with E-state index in [1.165, 1.54) is 0 Å². The predicted octanol–water partition coefficient (Wildman–Crippen LogP) is 1.95. The first-order chi connectivity index (χ1) is 8.26. The normalized spacial score (nSPS) is 18.5. The van der Waals surface area contributed by atoms with Gasteiger partial charge in [-0.3, -0.25) is 4.90 Å². The van der Waals surface area contributed by atoms with Crippen molar-refractivity contribution in [3.05, 3.63) is 0 Å². The Kier molecular flexibility index (Phi) is 7.44. The zero-order chi connectivity index (χ0) is 12.6. The molecular formula is C13H27ClN2O. The van der Waals surface area contributed by atoms with Crippen LogP contribution in [0.15, 0.2) is 0 Å². The maximum atomic E-state index is 6.09. The lowest BCUT2D eigenvalue weighted by molar-refractivity contribution is 0.0381. The fourth-order valence-electron chi connectivity index (χ4n) is 2.15. The number of hydrogen-bond donors (Lipinski definition) is 1. The van der Waals surface area contributed by atoms with Gasteiger partial charge in [0.25, 0.3) is 0 Å². The zero-order valence-corrected chi connectivity index (χ0v) is 12.1. The number of morpholine rings is 1. The molecule has 1 N–H and O–H groups in total. The molecule has 0 atom stereocenters. The summed E-state index contributed by atoms with van der Waals surface area (Å²) in [4.78, 5) is 2.46. The molecule has 0 bridgehead atoms. The van der Waals surface area contributed by atoms with E-state index < -0.39 is 0 Å². The molecule has 0 aromatic rings. The van der Waals surface area contributed by atoms with Gasteiger partial charge in [-0.1, -0.05) is 13.8 Å². The van der Waals surface area contributed by atoms with Crippen LogP contribution in [0.4, 0.5) is 0 Å². The molecule has 1 heterocycles. The van der Waals surface area contributed by atoms with E-state index in [0.29, 0.717) is 0 Å². The van der Waals surface area contributed by atoms with E-state index in [2.05, 4.69) is 24.1 Å². The summed E-state index contributed by atoms with van der Waals surface area (Å²) in [6, 6.07) is 0. The number of nitrogens with one attached hydrogen (secondary N) is 1. The average Bonchev–Trinajstić information content (AvgIpc) is 2.41. The van der Waals surface area contributed by atoms with Gasteiger partial charge in [0.2, 0.25) is 0 Å². The smallest absolute Gasteiger partial charge is 0.0594 e. The molecular weight excluding hydrogens is 236 g/mol. The summed E-state index contributed by atoms with van der Waals surface area (Å²) in [5.74, 6) is 0.755. The van der Waals surface area contributed by atoms with Crippen molar-refractivity contribution >= 4 is 11.6 Å². The van der Waals surface area contributed by atoms with Crippen LogP contribution in [-0.4, -0.2) is 56.7 Å². The average molecular weight is 263 g/mol. The van der Waals surface area contributed by atoms with Gasteiger partial charge < -0.3 is 10.1 Å². The van der Waals surface area contributed by atoms with Gasteiger partial charge in [0, 0.05) is 38.6 Å². The molecule has 0 spiro atoms. The van der Waals surface area contributed by atoms with E-state index in [9.17, 15) is 0 Å². The van der Waals surface area contributed by atoms with Gasteiger partial charge in [0.15, 0.2) is 0 Å². The summed E-state index contributed by atoms with van der Waals surface area (Å²) in [6.45, 7) is 11.6. The Balaban J connectivity index is 2.13. The minimum Gasteiger partial charge on any atom is -0.379 e. The summed E-state index contributed by atoms with van der Waals surface area (Å²) in [7, 11) is 0. The monoisotopic (exact) mass is 262 g/mol. The molecule has 1 aliphatic heterocycles. The van der Waals surface area contributed by atoms with Gasteiger partial charge in [-0.2, -0.15) is 0 Å². The Morgan fingerprint density at radius 1 is 1.24 bits per heavy atom. The van der Waals surface area contributed by atoms with Crippen LogP contribution in [0.25, 0.3) is 0 Å². The highest BCUT2D eigenvalue weighted by Gasteiger charge is 2.24. The van der Waals surface area contributed by atoms with Gasteiger partial charge in [0.1, 0.15) is 0 Å². The van der Waals surface area contributed by atoms with Gasteiger partial charge >= 0.3 is 0 Å². The minimum atomic E-state index is 0.284. The van der Waals surface area contributed by atoms with Crippen molar-refractivity contribution in [2.75, 3.05) is 51.8 Å². The van der Waals surface area contributed by atoms with Crippen molar-refractivity contribution in [1.29, 1.82) is 0 Å². The van der Waals surface area contributed by atoms with Crippen LogP contribution in [0.3, 0.4) is 0 Å².